The molecule has 0 saturated carbocycles. The smallest absolute Gasteiger partial charge is 0.383 e. The number of nitrogen functional groups attached to an aromatic ring is 1. The van der Waals surface area contributed by atoms with Gasteiger partial charge in [0.1, 0.15) is 5.82 Å². The van der Waals surface area contributed by atoms with Crippen LogP contribution in [-0.2, 0) is 20.8 Å². The highest BCUT2D eigenvalue weighted by molar-refractivity contribution is 7.80. The Kier molecular flexibility index (Phi) is 8.08. The summed E-state index contributed by atoms with van der Waals surface area (Å²) >= 11 is 0. The molecule has 0 aliphatic heterocycles. The minimum Gasteiger partial charge on any atom is -0.383 e. The number of H-pyrrole nitrogens is 1. The van der Waals surface area contributed by atoms with Crippen molar-refractivity contribution in [1.29, 1.82) is 0 Å². The molecule has 0 aliphatic rings. The summed E-state index contributed by atoms with van der Waals surface area (Å²) < 4.78 is 63.2. The Morgan fingerprint density at radius 3 is 1.63 bits per heavy atom. The van der Waals surface area contributed by atoms with Crippen LogP contribution in [0, 0.1) is 6.92 Å². The Morgan fingerprint density at radius 2 is 1.42 bits per heavy atom. The highest BCUT2D eigenvalue weighted by Crippen LogP contribution is 1.97. The highest BCUT2D eigenvalue weighted by Gasteiger charge is 1.91. The van der Waals surface area contributed by atoms with Crippen molar-refractivity contribution in [3.05, 3.63) is 22.2 Å². The van der Waals surface area contributed by atoms with Gasteiger partial charge in [-0.15, -0.1) is 0 Å². The third-order valence-corrected chi connectivity index (χ3v) is 1.04. The highest BCUT2D eigenvalue weighted by atomic mass is 32.3. The van der Waals surface area contributed by atoms with E-state index >= 15 is 0 Å². The number of rotatable bonds is 0. The van der Waals surface area contributed by atoms with Gasteiger partial charge in [-0.1, -0.05) is 0 Å². The van der Waals surface area contributed by atoms with Crippen molar-refractivity contribution in [2.24, 2.45) is 0 Å². The first-order valence-corrected chi connectivity index (χ1v) is 6.71. The Bertz CT molecular complexity index is 601. The number of hydrogen-bond acceptors (Lipinski definition) is 7. The molecule has 0 radical (unpaired) electrons. The van der Waals surface area contributed by atoms with Crippen molar-refractivity contribution in [2.45, 2.75) is 6.92 Å². The Morgan fingerprint density at radius 1 is 1.11 bits per heavy atom. The number of aromatic amines is 1. The number of nitrogens with zero attached hydrogens (tertiary/aromatic N) is 1. The summed E-state index contributed by atoms with van der Waals surface area (Å²) in [4.78, 5) is 16.2. The van der Waals surface area contributed by atoms with Crippen LogP contribution in [0.3, 0.4) is 0 Å². The SMILES string of the molecule is Cc1c[nH]c(=O)nc1N.O=S(=O)(O)O.O=S(=O)(O)O. The van der Waals surface area contributed by atoms with Gasteiger partial charge in [0, 0.05) is 11.8 Å². The minimum atomic E-state index is -4.67. The number of hydrogen-bond donors (Lipinski definition) is 6. The van der Waals surface area contributed by atoms with Crippen LogP contribution in [0.1, 0.15) is 5.56 Å². The molecule has 1 rings (SSSR count). The number of aromatic nitrogens is 2. The lowest BCUT2D eigenvalue weighted by atomic mass is 10.4. The lowest BCUT2D eigenvalue weighted by Gasteiger charge is -1.92. The number of aryl methyl sites for hydroxylation is 1. The van der Waals surface area contributed by atoms with E-state index in [0.29, 0.717) is 5.82 Å². The maximum absolute atomic E-state index is 10.4. The van der Waals surface area contributed by atoms with Gasteiger partial charge < -0.3 is 10.7 Å². The molecular formula is C5H11N3O9S2. The molecule has 7 N–H and O–H groups in total. The fourth-order valence-electron chi connectivity index (χ4n) is 0.474. The molecule has 0 spiro atoms. The Hall–Kier alpha value is -1.58. The van der Waals surface area contributed by atoms with Crippen LogP contribution >= 0.6 is 0 Å². The Labute approximate surface area is 107 Å². The summed E-state index contributed by atoms with van der Waals surface area (Å²) in [7, 11) is -9.33. The van der Waals surface area contributed by atoms with Crippen molar-refractivity contribution in [1.82, 2.24) is 9.97 Å². The molecule has 0 saturated heterocycles. The summed E-state index contributed by atoms with van der Waals surface area (Å²) in [6.45, 7) is 1.78. The zero-order valence-electron chi connectivity index (χ0n) is 9.25. The van der Waals surface area contributed by atoms with Crippen LogP contribution in [0.15, 0.2) is 11.0 Å². The topological polar surface area (TPSA) is 221 Å². The molecule has 112 valence electrons. The first-order valence-electron chi connectivity index (χ1n) is 3.91. The maximum atomic E-state index is 10.4. The number of anilines is 1. The molecule has 0 bridgehead atoms. The van der Waals surface area contributed by atoms with E-state index in [-0.39, 0.29) is 0 Å². The summed E-state index contributed by atoms with van der Waals surface area (Å²) in [5.41, 5.74) is 5.67. The van der Waals surface area contributed by atoms with Crippen LogP contribution in [0.2, 0.25) is 0 Å². The molecule has 14 heteroatoms. The van der Waals surface area contributed by atoms with E-state index in [1.54, 1.807) is 6.92 Å². The van der Waals surface area contributed by atoms with Gasteiger partial charge in [-0.05, 0) is 6.92 Å². The van der Waals surface area contributed by atoms with E-state index < -0.39 is 26.5 Å². The van der Waals surface area contributed by atoms with Crippen LogP contribution in [0.25, 0.3) is 0 Å². The van der Waals surface area contributed by atoms with Crippen molar-refractivity contribution in [2.75, 3.05) is 5.73 Å². The zero-order valence-corrected chi connectivity index (χ0v) is 10.9. The van der Waals surface area contributed by atoms with Gasteiger partial charge in [-0.3, -0.25) is 18.2 Å². The number of nitrogens with one attached hydrogen (secondary N) is 1. The normalized spacial score (nSPS) is 10.6. The molecule has 0 amide bonds. The van der Waals surface area contributed by atoms with Crippen LogP contribution < -0.4 is 11.4 Å². The molecule has 0 atom stereocenters. The second-order valence-electron chi connectivity index (χ2n) is 2.67. The van der Waals surface area contributed by atoms with Gasteiger partial charge in [0.2, 0.25) is 0 Å². The van der Waals surface area contributed by atoms with E-state index in [1.807, 2.05) is 0 Å². The van der Waals surface area contributed by atoms with Gasteiger partial charge in [0.05, 0.1) is 0 Å². The van der Waals surface area contributed by atoms with Gasteiger partial charge in [0.25, 0.3) is 0 Å². The Balaban J connectivity index is 0. The van der Waals surface area contributed by atoms with Crippen molar-refractivity contribution >= 4 is 26.6 Å². The quantitative estimate of drug-likeness (QED) is 0.297. The van der Waals surface area contributed by atoms with Crippen molar-refractivity contribution in [3.8, 4) is 0 Å². The molecule has 0 aliphatic carbocycles. The average molecular weight is 321 g/mol. The summed E-state index contributed by atoms with van der Waals surface area (Å²) in [5.74, 6) is 0.291. The largest absolute Gasteiger partial charge is 0.394 e. The lowest BCUT2D eigenvalue weighted by molar-refractivity contribution is 0.378. The summed E-state index contributed by atoms with van der Waals surface area (Å²) in [5, 5.41) is 0. The van der Waals surface area contributed by atoms with E-state index in [4.69, 9.17) is 40.8 Å². The molecule has 0 fully saturated rings. The van der Waals surface area contributed by atoms with Crippen LogP contribution in [0.5, 0.6) is 0 Å². The molecule has 1 aromatic heterocycles. The van der Waals surface area contributed by atoms with E-state index in [9.17, 15) is 4.79 Å². The van der Waals surface area contributed by atoms with Gasteiger partial charge in [-0.2, -0.15) is 21.8 Å². The maximum Gasteiger partial charge on any atom is 0.394 e. The second-order valence-corrected chi connectivity index (χ2v) is 4.46. The van der Waals surface area contributed by atoms with Crippen LogP contribution in [-0.4, -0.2) is 45.0 Å². The molecule has 0 unspecified atom stereocenters. The molecular weight excluding hydrogens is 310 g/mol. The van der Waals surface area contributed by atoms with E-state index in [0.717, 1.165) is 5.56 Å². The first-order chi connectivity index (χ1) is 8.20. The molecule has 1 heterocycles. The fourth-order valence-corrected chi connectivity index (χ4v) is 0.474. The van der Waals surface area contributed by atoms with Crippen molar-refractivity contribution in [3.63, 3.8) is 0 Å². The van der Waals surface area contributed by atoms with E-state index in [2.05, 4.69) is 9.97 Å². The lowest BCUT2D eigenvalue weighted by Crippen LogP contribution is -2.12. The minimum absolute atomic E-state index is 0.291. The van der Waals surface area contributed by atoms with Crippen LogP contribution in [0.4, 0.5) is 5.82 Å². The first kappa shape index (κ1) is 19.8. The van der Waals surface area contributed by atoms with Gasteiger partial charge in [0.15, 0.2) is 0 Å². The molecule has 1 aromatic rings. The third kappa shape index (κ3) is 26.2. The molecule has 0 aromatic carbocycles. The van der Waals surface area contributed by atoms with Gasteiger partial charge >= 0.3 is 26.5 Å². The van der Waals surface area contributed by atoms with Gasteiger partial charge in [-0.25, -0.2) is 4.79 Å². The monoisotopic (exact) mass is 321 g/mol. The van der Waals surface area contributed by atoms with Crippen molar-refractivity contribution < 1.29 is 35.0 Å². The zero-order chi connectivity index (χ0) is 15.9. The average Bonchev–Trinajstić information content (AvgIpc) is 2.06. The molecule has 12 nitrogen and oxygen atoms in total. The fraction of sp³-hybridized carbons (Fsp3) is 0.200. The molecule has 19 heavy (non-hydrogen) atoms. The predicted molar refractivity (Wildman–Crippen MR) is 62.4 cm³/mol. The summed E-state index contributed by atoms with van der Waals surface area (Å²) in [6, 6.07) is 0. The standard InChI is InChI=1S/C5H7N3O.2H2O4S/c1-3-2-7-5(9)8-4(3)6;2*1-5(2,3)4/h2H,1H3,(H3,6,7,8,9);2*(H2,1,2,3,4). The van der Waals surface area contributed by atoms with E-state index in [1.165, 1.54) is 6.20 Å². The predicted octanol–water partition coefficient (Wildman–Crippen LogP) is -1.65. The number of nitrogens with two attached hydrogens (primary N) is 1. The second kappa shape index (κ2) is 7.77. The summed E-state index contributed by atoms with van der Waals surface area (Å²) in [6.07, 6.45) is 1.53. The third-order valence-electron chi connectivity index (χ3n) is 1.04.